The van der Waals surface area contributed by atoms with Gasteiger partial charge < -0.3 is 9.47 Å². The summed E-state index contributed by atoms with van der Waals surface area (Å²) in [6.45, 7) is 0.683. The van der Waals surface area contributed by atoms with Crippen LogP contribution in [0.3, 0.4) is 0 Å². The number of terminal acetylenes is 1. The van der Waals surface area contributed by atoms with E-state index < -0.39 is 0 Å². The summed E-state index contributed by atoms with van der Waals surface area (Å²) in [5, 5.41) is 0. The number of carbonyl (C=O) groups excluding carboxylic acids is 1. The summed E-state index contributed by atoms with van der Waals surface area (Å²) in [4.78, 5) is 12.0. The molecule has 0 aromatic heterocycles. The van der Waals surface area contributed by atoms with Gasteiger partial charge in [0.25, 0.3) is 0 Å². The van der Waals surface area contributed by atoms with Gasteiger partial charge in [-0.3, -0.25) is 0 Å². The molecule has 1 heterocycles. The molecule has 18 heavy (non-hydrogen) atoms. The van der Waals surface area contributed by atoms with E-state index in [1.54, 1.807) is 6.07 Å². The van der Waals surface area contributed by atoms with Gasteiger partial charge in [-0.05, 0) is 36.6 Å². The van der Waals surface area contributed by atoms with Gasteiger partial charge in [0.15, 0.2) is 6.10 Å². The molecule has 0 unspecified atom stereocenters. The molecule has 3 heteroatoms. The molecule has 0 saturated heterocycles. The van der Waals surface area contributed by atoms with Crippen LogP contribution in [0, 0.1) is 18.3 Å². The van der Waals surface area contributed by atoms with Crippen LogP contribution in [0.1, 0.15) is 28.8 Å². The summed E-state index contributed by atoms with van der Waals surface area (Å²) in [6, 6.07) is 5.39. The minimum atomic E-state index is -0.373. The Bertz CT molecular complexity index is 523. The molecule has 3 nitrogen and oxygen atoms in total. The molecule has 1 saturated carbocycles. The van der Waals surface area contributed by atoms with E-state index in [-0.39, 0.29) is 12.1 Å². The monoisotopic (exact) mass is 242 g/mol. The third kappa shape index (κ3) is 2.06. The third-order valence-corrected chi connectivity index (χ3v) is 3.37. The SMILES string of the molecule is C#C[C@@H](OC(=O)c1ccc2c(c1)CCO2)C1CC1. The lowest BCUT2D eigenvalue weighted by Gasteiger charge is -2.11. The van der Waals surface area contributed by atoms with Crippen LogP contribution in [0.5, 0.6) is 5.75 Å². The van der Waals surface area contributed by atoms with Crippen molar-refractivity contribution in [3.63, 3.8) is 0 Å². The Morgan fingerprint density at radius 2 is 2.33 bits per heavy atom. The number of hydrogen-bond donors (Lipinski definition) is 0. The molecule has 1 aromatic rings. The first-order valence-corrected chi connectivity index (χ1v) is 6.21. The molecule has 1 atom stereocenters. The van der Waals surface area contributed by atoms with Crippen LogP contribution < -0.4 is 4.74 Å². The second-order valence-corrected chi connectivity index (χ2v) is 4.75. The first kappa shape index (κ1) is 11.2. The second-order valence-electron chi connectivity index (χ2n) is 4.75. The fraction of sp³-hybridized carbons (Fsp3) is 0.400. The number of carbonyl (C=O) groups is 1. The maximum Gasteiger partial charge on any atom is 0.339 e. The predicted octanol–water partition coefficient (Wildman–Crippen LogP) is 2.19. The summed E-state index contributed by atoms with van der Waals surface area (Å²) in [5.74, 6) is 3.44. The van der Waals surface area contributed by atoms with E-state index in [4.69, 9.17) is 15.9 Å². The molecule has 0 amide bonds. The number of esters is 1. The molecular formula is C15H14O3. The Balaban J connectivity index is 1.74. The highest BCUT2D eigenvalue weighted by atomic mass is 16.5. The predicted molar refractivity (Wildman–Crippen MR) is 66.4 cm³/mol. The summed E-state index contributed by atoms with van der Waals surface area (Å²) >= 11 is 0. The topological polar surface area (TPSA) is 35.5 Å². The van der Waals surface area contributed by atoms with Gasteiger partial charge in [-0.15, -0.1) is 6.42 Å². The van der Waals surface area contributed by atoms with Crippen LogP contribution in [0.25, 0.3) is 0 Å². The highest BCUT2D eigenvalue weighted by molar-refractivity contribution is 5.90. The van der Waals surface area contributed by atoms with Gasteiger partial charge in [0, 0.05) is 12.3 Å². The van der Waals surface area contributed by atoms with E-state index in [1.165, 1.54) is 0 Å². The molecule has 1 fully saturated rings. The average Bonchev–Trinajstić information content (AvgIpc) is 3.12. The van der Waals surface area contributed by atoms with Crippen molar-refractivity contribution in [2.45, 2.75) is 25.4 Å². The fourth-order valence-electron chi connectivity index (χ4n) is 2.16. The lowest BCUT2D eigenvalue weighted by atomic mass is 10.1. The normalized spacial score (nSPS) is 18.4. The Morgan fingerprint density at radius 1 is 1.50 bits per heavy atom. The van der Waals surface area contributed by atoms with Gasteiger partial charge >= 0.3 is 5.97 Å². The Hall–Kier alpha value is -1.95. The van der Waals surface area contributed by atoms with Crippen molar-refractivity contribution in [1.82, 2.24) is 0 Å². The Morgan fingerprint density at radius 3 is 3.06 bits per heavy atom. The van der Waals surface area contributed by atoms with E-state index in [1.807, 2.05) is 12.1 Å². The number of benzene rings is 1. The standard InChI is InChI=1S/C15H14O3/c1-2-13(10-3-4-10)18-15(16)12-5-6-14-11(9-12)7-8-17-14/h1,5-6,9-10,13H,3-4,7-8H2/t13-/m1/s1. The molecule has 0 radical (unpaired) electrons. The Labute approximate surface area is 106 Å². The molecule has 1 aliphatic carbocycles. The number of fused-ring (bicyclic) bond motifs is 1. The van der Waals surface area contributed by atoms with E-state index in [9.17, 15) is 4.79 Å². The zero-order chi connectivity index (χ0) is 12.5. The first-order valence-electron chi connectivity index (χ1n) is 6.21. The van der Waals surface area contributed by atoms with Crippen LogP contribution in [-0.4, -0.2) is 18.7 Å². The van der Waals surface area contributed by atoms with E-state index in [2.05, 4.69) is 5.92 Å². The molecule has 3 rings (SSSR count). The van der Waals surface area contributed by atoms with Crippen molar-refractivity contribution in [3.8, 4) is 18.1 Å². The molecule has 0 bridgehead atoms. The largest absolute Gasteiger partial charge is 0.493 e. The van der Waals surface area contributed by atoms with Crippen molar-refractivity contribution in [2.24, 2.45) is 5.92 Å². The van der Waals surface area contributed by atoms with Crippen molar-refractivity contribution in [3.05, 3.63) is 29.3 Å². The molecule has 0 spiro atoms. The van der Waals surface area contributed by atoms with Gasteiger partial charge in [0.05, 0.1) is 12.2 Å². The van der Waals surface area contributed by atoms with E-state index in [0.29, 0.717) is 18.1 Å². The lowest BCUT2D eigenvalue weighted by molar-refractivity contribution is 0.0374. The highest BCUT2D eigenvalue weighted by Crippen LogP contribution is 2.34. The average molecular weight is 242 g/mol. The van der Waals surface area contributed by atoms with Crippen molar-refractivity contribution in [2.75, 3.05) is 6.61 Å². The molecular weight excluding hydrogens is 228 g/mol. The van der Waals surface area contributed by atoms with Crippen LogP contribution in [0.2, 0.25) is 0 Å². The number of hydrogen-bond acceptors (Lipinski definition) is 3. The zero-order valence-corrected chi connectivity index (χ0v) is 10.0. The smallest absolute Gasteiger partial charge is 0.339 e. The van der Waals surface area contributed by atoms with Gasteiger partial charge in [-0.1, -0.05) is 5.92 Å². The molecule has 92 valence electrons. The number of ether oxygens (including phenoxy) is 2. The molecule has 0 N–H and O–H groups in total. The second kappa shape index (κ2) is 4.38. The van der Waals surface area contributed by atoms with Crippen LogP contribution in [-0.2, 0) is 11.2 Å². The van der Waals surface area contributed by atoms with Crippen LogP contribution in [0.15, 0.2) is 18.2 Å². The van der Waals surface area contributed by atoms with Crippen LogP contribution >= 0.6 is 0 Å². The molecule has 1 aromatic carbocycles. The van der Waals surface area contributed by atoms with Gasteiger partial charge in [-0.25, -0.2) is 4.79 Å². The fourth-order valence-corrected chi connectivity index (χ4v) is 2.16. The van der Waals surface area contributed by atoms with Crippen molar-refractivity contribution in [1.29, 1.82) is 0 Å². The van der Waals surface area contributed by atoms with Gasteiger partial charge in [-0.2, -0.15) is 0 Å². The highest BCUT2D eigenvalue weighted by Gasteiger charge is 2.33. The molecule has 1 aliphatic heterocycles. The maximum absolute atomic E-state index is 12.0. The summed E-state index contributed by atoms with van der Waals surface area (Å²) in [5.41, 5.74) is 1.62. The number of rotatable bonds is 3. The summed E-state index contributed by atoms with van der Waals surface area (Å²) in [7, 11) is 0. The maximum atomic E-state index is 12.0. The third-order valence-electron chi connectivity index (χ3n) is 3.37. The van der Waals surface area contributed by atoms with Gasteiger partial charge in [0.1, 0.15) is 5.75 Å². The van der Waals surface area contributed by atoms with Gasteiger partial charge in [0.2, 0.25) is 0 Å². The first-order chi connectivity index (χ1) is 8.78. The van der Waals surface area contributed by atoms with Crippen LogP contribution in [0.4, 0.5) is 0 Å². The minimum absolute atomic E-state index is 0.334. The van der Waals surface area contributed by atoms with E-state index in [0.717, 1.165) is 30.6 Å². The van der Waals surface area contributed by atoms with E-state index >= 15 is 0 Å². The minimum Gasteiger partial charge on any atom is -0.493 e. The molecule has 2 aliphatic rings. The lowest BCUT2D eigenvalue weighted by Crippen LogP contribution is -2.18. The zero-order valence-electron chi connectivity index (χ0n) is 10.0. The summed E-state index contributed by atoms with van der Waals surface area (Å²) < 4.78 is 10.8. The van der Waals surface area contributed by atoms with Crippen molar-refractivity contribution < 1.29 is 14.3 Å². The quantitative estimate of drug-likeness (QED) is 0.602. The Kier molecular flexibility index (Phi) is 2.71. The summed E-state index contributed by atoms with van der Waals surface area (Å²) in [6.07, 6.45) is 7.97. The van der Waals surface area contributed by atoms with Crippen molar-refractivity contribution >= 4 is 5.97 Å².